The summed E-state index contributed by atoms with van der Waals surface area (Å²) in [5, 5.41) is 11.6. The van der Waals surface area contributed by atoms with Crippen molar-refractivity contribution in [2.75, 3.05) is 0 Å². The fourth-order valence-electron chi connectivity index (χ4n) is 6.73. The number of aliphatic hydroxyl groups is 1. The molecule has 28 heavy (non-hydrogen) atoms. The number of hydrogen-bond acceptors (Lipinski definition) is 5. The van der Waals surface area contributed by atoms with Crippen LogP contribution in [0.2, 0.25) is 0 Å². The summed E-state index contributed by atoms with van der Waals surface area (Å²) in [6, 6.07) is 5.82. The standard InChI is InChI=1S/C23H30O5/c1-13(24)27-16-6-8-17-15(11-16)5-7-18-19-9-10-20(28-14(2)25)22(19,3)12-23(4,26)21(17)18/h6,8,11,18-21,26H,5,7,9-10,12H2,1-4H3/t18-,19+,20-,21+,22+,23-/m0/s1. The average Bonchev–Trinajstić information content (AvgIpc) is 2.88. The van der Waals surface area contributed by atoms with Crippen molar-refractivity contribution in [3.8, 4) is 5.75 Å². The van der Waals surface area contributed by atoms with Crippen LogP contribution in [0.3, 0.4) is 0 Å². The fraction of sp³-hybridized carbons (Fsp3) is 0.652. The summed E-state index contributed by atoms with van der Waals surface area (Å²) in [6.45, 7) is 7.01. The molecule has 1 N–H and O–H groups in total. The molecule has 0 aliphatic heterocycles. The molecule has 5 heteroatoms. The number of hydrogen-bond donors (Lipinski definition) is 1. The van der Waals surface area contributed by atoms with Crippen LogP contribution in [-0.2, 0) is 20.7 Å². The van der Waals surface area contributed by atoms with Gasteiger partial charge in [0.15, 0.2) is 0 Å². The number of ether oxygens (including phenoxy) is 2. The highest BCUT2D eigenvalue weighted by molar-refractivity contribution is 5.69. The van der Waals surface area contributed by atoms with Gasteiger partial charge in [0.25, 0.3) is 0 Å². The second-order valence-corrected chi connectivity index (χ2v) is 9.46. The molecule has 2 fully saturated rings. The molecule has 1 aromatic rings. The molecule has 6 atom stereocenters. The highest BCUT2D eigenvalue weighted by Crippen LogP contribution is 2.64. The number of fused-ring (bicyclic) bond motifs is 5. The summed E-state index contributed by atoms with van der Waals surface area (Å²) in [6.07, 6.45) is 4.31. The SMILES string of the molecule is CC(=O)Oc1ccc2c(c1)CC[C@H]1[C@H]3CC[C@H](OC(C)=O)[C@]3(C)C[C@](C)(O)[C@H]21. The van der Waals surface area contributed by atoms with Gasteiger partial charge in [-0.1, -0.05) is 13.0 Å². The van der Waals surface area contributed by atoms with Gasteiger partial charge < -0.3 is 14.6 Å². The Kier molecular flexibility index (Phi) is 4.57. The minimum absolute atomic E-state index is 0.0526. The lowest BCUT2D eigenvalue weighted by atomic mass is 9.50. The Hall–Kier alpha value is -1.88. The van der Waals surface area contributed by atoms with Crippen LogP contribution in [0.25, 0.3) is 0 Å². The highest BCUT2D eigenvalue weighted by Gasteiger charge is 2.62. The van der Waals surface area contributed by atoms with Crippen molar-refractivity contribution >= 4 is 11.9 Å². The van der Waals surface area contributed by atoms with Crippen LogP contribution in [0, 0.1) is 17.3 Å². The van der Waals surface area contributed by atoms with Crippen LogP contribution >= 0.6 is 0 Å². The molecule has 4 rings (SSSR count). The number of esters is 2. The van der Waals surface area contributed by atoms with Crippen LogP contribution in [0.5, 0.6) is 5.75 Å². The zero-order valence-corrected chi connectivity index (χ0v) is 17.2. The van der Waals surface area contributed by atoms with E-state index in [2.05, 4.69) is 6.92 Å². The maximum absolute atomic E-state index is 11.6. The summed E-state index contributed by atoms with van der Waals surface area (Å²) in [5.41, 5.74) is 1.27. The third kappa shape index (κ3) is 3.04. The van der Waals surface area contributed by atoms with Crippen LogP contribution in [0.15, 0.2) is 18.2 Å². The fourth-order valence-corrected chi connectivity index (χ4v) is 6.73. The first kappa shape index (κ1) is 19.4. The lowest BCUT2D eigenvalue weighted by molar-refractivity contribution is -0.166. The lowest BCUT2D eigenvalue weighted by Gasteiger charge is -2.56. The highest BCUT2D eigenvalue weighted by atomic mass is 16.5. The predicted molar refractivity (Wildman–Crippen MR) is 104 cm³/mol. The maximum atomic E-state index is 11.6. The van der Waals surface area contributed by atoms with Gasteiger partial charge in [-0.15, -0.1) is 0 Å². The summed E-state index contributed by atoms with van der Waals surface area (Å²) < 4.78 is 10.9. The zero-order valence-electron chi connectivity index (χ0n) is 17.2. The van der Waals surface area contributed by atoms with E-state index in [0.29, 0.717) is 24.0 Å². The molecule has 152 valence electrons. The minimum Gasteiger partial charge on any atom is -0.462 e. The van der Waals surface area contributed by atoms with Crippen LogP contribution in [0.4, 0.5) is 0 Å². The monoisotopic (exact) mass is 386 g/mol. The van der Waals surface area contributed by atoms with E-state index < -0.39 is 5.60 Å². The molecule has 3 aliphatic rings. The molecule has 0 spiro atoms. The van der Waals surface area contributed by atoms with Crippen molar-refractivity contribution in [2.24, 2.45) is 17.3 Å². The summed E-state index contributed by atoms with van der Waals surface area (Å²) in [5.74, 6) is 0.861. The normalized spacial score (nSPS) is 38.8. The third-order valence-electron chi connectivity index (χ3n) is 7.44. The Morgan fingerprint density at radius 2 is 1.86 bits per heavy atom. The predicted octanol–water partition coefficient (Wildman–Crippen LogP) is 3.76. The zero-order chi connectivity index (χ0) is 20.3. The number of carbonyl (C=O) groups excluding carboxylic acids is 2. The summed E-state index contributed by atoms with van der Waals surface area (Å²) >= 11 is 0. The van der Waals surface area contributed by atoms with Gasteiger partial charge in [0.2, 0.25) is 0 Å². The molecule has 0 saturated heterocycles. The van der Waals surface area contributed by atoms with E-state index in [9.17, 15) is 14.7 Å². The van der Waals surface area contributed by atoms with E-state index in [0.717, 1.165) is 25.7 Å². The van der Waals surface area contributed by atoms with E-state index in [1.807, 2.05) is 25.1 Å². The smallest absolute Gasteiger partial charge is 0.308 e. The van der Waals surface area contributed by atoms with Crippen molar-refractivity contribution < 1.29 is 24.2 Å². The molecule has 5 nitrogen and oxygen atoms in total. The molecular weight excluding hydrogens is 356 g/mol. The Morgan fingerprint density at radius 3 is 2.54 bits per heavy atom. The molecule has 0 heterocycles. The molecule has 1 aromatic carbocycles. The Balaban J connectivity index is 1.69. The first-order valence-corrected chi connectivity index (χ1v) is 10.3. The van der Waals surface area contributed by atoms with Crippen molar-refractivity contribution in [3.63, 3.8) is 0 Å². The number of benzene rings is 1. The van der Waals surface area contributed by atoms with Crippen molar-refractivity contribution in [1.82, 2.24) is 0 Å². The van der Waals surface area contributed by atoms with Crippen molar-refractivity contribution in [2.45, 2.75) is 77.4 Å². The van der Waals surface area contributed by atoms with Crippen LogP contribution in [-0.4, -0.2) is 28.8 Å². The van der Waals surface area contributed by atoms with E-state index in [-0.39, 0.29) is 29.4 Å². The van der Waals surface area contributed by atoms with Gasteiger partial charge in [0.05, 0.1) is 5.60 Å². The molecule has 3 aliphatic carbocycles. The van der Waals surface area contributed by atoms with Gasteiger partial charge in [0.1, 0.15) is 11.9 Å². The topological polar surface area (TPSA) is 72.8 Å². The van der Waals surface area contributed by atoms with Crippen molar-refractivity contribution in [3.05, 3.63) is 29.3 Å². The average molecular weight is 386 g/mol. The van der Waals surface area contributed by atoms with Gasteiger partial charge in [0, 0.05) is 25.2 Å². The molecule has 0 amide bonds. The minimum atomic E-state index is -0.878. The van der Waals surface area contributed by atoms with Gasteiger partial charge in [-0.25, -0.2) is 0 Å². The van der Waals surface area contributed by atoms with Crippen LogP contribution < -0.4 is 4.74 Å². The van der Waals surface area contributed by atoms with Gasteiger partial charge in [-0.3, -0.25) is 9.59 Å². The Bertz CT molecular complexity index is 813. The van der Waals surface area contributed by atoms with Gasteiger partial charge in [-0.2, -0.15) is 0 Å². The molecule has 0 radical (unpaired) electrons. The summed E-state index contributed by atoms with van der Waals surface area (Å²) in [4.78, 5) is 22.9. The van der Waals surface area contributed by atoms with E-state index in [1.54, 1.807) is 0 Å². The first-order valence-electron chi connectivity index (χ1n) is 10.3. The lowest BCUT2D eigenvalue weighted by Crippen LogP contribution is -2.55. The second kappa shape index (κ2) is 6.58. The van der Waals surface area contributed by atoms with E-state index in [1.165, 1.54) is 25.0 Å². The Labute approximate surface area is 166 Å². The van der Waals surface area contributed by atoms with E-state index >= 15 is 0 Å². The molecular formula is C23H30O5. The Morgan fingerprint density at radius 1 is 1.11 bits per heavy atom. The van der Waals surface area contributed by atoms with Crippen LogP contribution in [0.1, 0.15) is 70.4 Å². The third-order valence-corrected chi connectivity index (χ3v) is 7.44. The largest absolute Gasteiger partial charge is 0.462 e. The molecule has 2 saturated carbocycles. The second-order valence-electron chi connectivity index (χ2n) is 9.46. The first-order chi connectivity index (χ1) is 13.1. The molecule has 0 aromatic heterocycles. The summed E-state index contributed by atoms with van der Waals surface area (Å²) in [7, 11) is 0. The quantitative estimate of drug-likeness (QED) is 0.619. The number of carbonyl (C=O) groups is 2. The molecule has 0 unspecified atom stereocenters. The van der Waals surface area contributed by atoms with Gasteiger partial charge >= 0.3 is 11.9 Å². The van der Waals surface area contributed by atoms with E-state index in [4.69, 9.17) is 9.47 Å². The number of aryl methyl sites for hydroxylation is 1. The van der Waals surface area contributed by atoms with Crippen molar-refractivity contribution in [1.29, 1.82) is 0 Å². The maximum Gasteiger partial charge on any atom is 0.308 e. The van der Waals surface area contributed by atoms with Gasteiger partial charge in [-0.05, 0) is 74.1 Å². The number of rotatable bonds is 2. The molecule has 0 bridgehead atoms.